The Morgan fingerprint density at radius 2 is 1.55 bits per heavy atom. The first kappa shape index (κ1) is 21.1. The molecule has 5 rings (SSSR count). The fourth-order valence-corrected chi connectivity index (χ4v) is 4.93. The van der Waals surface area contributed by atoms with Crippen LogP contribution in [0.5, 0.6) is 5.75 Å². The van der Waals surface area contributed by atoms with Gasteiger partial charge in [-0.2, -0.15) is 0 Å². The van der Waals surface area contributed by atoms with Crippen LogP contribution in [0.2, 0.25) is 0 Å². The molecular formula is C28H29N3O2. The summed E-state index contributed by atoms with van der Waals surface area (Å²) >= 11 is 0. The summed E-state index contributed by atoms with van der Waals surface area (Å²) in [6, 6.07) is 24.6. The van der Waals surface area contributed by atoms with Gasteiger partial charge in [-0.1, -0.05) is 36.4 Å². The molecule has 0 spiro atoms. The Hall–Kier alpha value is -3.73. The molecule has 3 aromatic carbocycles. The van der Waals surface area contributed by atoms with Crippen molar-refractivity contribution < 1.29 is 9.53 Å². The minimum absolute atomic E-state index is 0.0878. The number of fused-ring (bicyclic) bond motifs is 1. The van der Waals surface area contributed by atoms with Crippen LogP contribution in [-0.2, 0) is 0 Å². The molecule has 0 saturated carbocycles. The van der Waals surface area contributed by atoms with Crippen molar-refractivity contribution in [2.45, 2.75) is 13.8 Å². The molecule has 0 aliphatic carbocycles. The fourth-order valence-electron chi connectivity index (χ4n) is 4.93. The largest absolute Gasteiger partial charge is 0.497 e. The lowest BCUT2D eigenvalue weighted by atomic mass is 10.1. The number of piperazine rings is 1. The van der Waals surface area contributed by atoms with E-state index in [2.05, 4.69) is 52.8 Å². The number of para-hydroxylation sites is 2. The zero-order chi connectivity index (χ0) is 22.9. The monoisotopic (exact) mass is 439 g/mol. The van der Waals surface area contributed by atoms with Crippen LogP contribution in [0, 0.1) is 13.8 Å². The molecule has 168 valence electrons. The van der Waals surface area contributed by atoms with Crippen LogP contribution in [0.3, 0.4) is 0 Å². The zero-order valence-corrected chi connectivity index (χ0v) is 19.4. The number of methoxy groups -OCH3 is 1. The number of aryl methyl sites for hydroxylation is 1. The molecule has 1 aliphatic rings. The van der Waals surface area contributed by atoms with Crippen molar-refractivity contribution in [3.8, 4) is 11.4 Å². The average Bonchev–Trinajstić information content (AvgIpc) is 3.15. The highest BCUT2D eigenvalue weighted by atomic mass is 16.5. The zero-order valence-electron chi connectivity index (χ0n) is 19.4. The molecule has 0 N–H and O–H groups in total. The number of carbonyl (C=O) groups excluding carboxylic acids is 1. The van der Waals surface area contributed by atoms with Crippen LogP contribution in [0.4, 0.5) is 5.69 Å². The number of ether oxygens (including phenoxy) is 1. The van der Waals surface area contributed by atoms with Crippen molar-refractivity contribution in [2.24, 2.45) is 0 Å². The highest BCUT2D eigenvalue weighted by Gasteiger charge is 2.28. The maximum absolute atomic E-state index is 13.8. The van der Waals surface area contributed by atoms with Crippen molar-refractivity contribution in [3.05, 3.63) is 89.6 Å². The van der Waals surface area contributed by atoms with Crippen LogP contribution in [0.15, 0.2) is 72.8 Å². The van der Waals surface area contributed by atoms with Gasteiger partial charge in [0.1, 0.15) is 5.75 Å². The summed E-state index contributed by atoms with van der Waals surface area (Å²) in [4.78, 5) is 18.2. The number of aromatic nitrogens is 1. The molecular weight excluding hydrogens is 410 g/mol. The lowest BCUT2D eigenvalue weighted by molar-refractivity contribution is 0.0748. The number of anilines is 1. The molecule has 1 aliphatic heterocycles. The summed E-state index contributed by atoms with van der Waals surface area (Å²) in [6.07, 6.45) is 0. The second-order valence-electron chi connectivity index (χ2n) is 8.58. The number of benzene rings is 3. The number of carbonyl (C=O) groups is 1. The van der Waals surface area contributed by atoms with Crippen molar-refractivity contribution in [1.82, 2.24) is 9.47 Å². The maximum atomic E-state index is 13.8. The molecule has 1 amide bonds. The second-order valence-corrected chi connectivity index (χ2v) is 8.58. The van der Waals surface area contributed by atoms with Gasteiger partial charge in [-0.15, -0.1) is 0 Å². The lowest BCUT2D eigenvalue weighted by Gasteiger charge is -2.37. The molecule has 2 heterocycles. The molecule has 1 saturated heterocycles. The average molecular weight is 440 g/mol. The lowest BCUT2D eigenvalue weighted by Crippen LogP contribution is -2.49. The van der Waals surface area contributed by atoms with Crippen molar-refractivity contribution >= 4 is 22.5 Å². The van der Waals surface area contributed by atoms with E-state index in [0.717, 1.165) is 46.7 Å². The molecule has 5 nitrogen and oxygen atoms in total. The molecule has 4 aromatic rings. The van der Waals surface area contributed by atoms with Crippen LogP contribution in [-0.4, -0.2) is 48.7 Å². The van der Waals surface area contributed by atoms with Gasteiger partial charge in [-0.3, -0.25) is 4.79 Å². The SMILES string of the molecule is COc1ccc2c(c1)c(C(=O)N1CCN(c3ccccc3C)CC1)c(C)n2-c1ccccc1. The van der Waals surface area contributed by atoms with E-state index in [0.29, 0.717) is 13.1 Å². The number of nitrogens with zero attached hydrogens (tertiary/aromatic N) is 3. The van der Waals surface area contributed by atoms with Gasteiger partial charge in [0.2, 0.25) is 0 Å². The molecule has 0 radical (unpaired) electrons. The Balaban J connectivity index is 1.50. The van der Waals surface area contributed by atoms with E-state index >= 15 is 0 Å². The topological polar surface area (TPSA) is 37.7 Å². The van der Waals surface area contributed by atoms with Crippen molar-refractivity contribution in [3.63, 3.8) is 0 Å². The van der Waals surface area contributed by atoms with E-state index in [4.69, 9.17) is 4.74 Å². The fraction of sp³-hybridized carbons (Fsp3) is 0.250. The van der Waals surface area contributed by atoms with Gasteiger partial charge in [-0.25, -0.2) is 0 Å². The summed E-state index contributed by atoms with van der Waals surface area (Å²) in [5.41, 5.74) is 6.31. The minimum atomic E-state index is 0.0878. The van der Waals surface area contributed by atoms with Crippen LogP contribution >= 0.6 is 0 Å². The third-order valence-electron chi connectivity index (χ3n) is 6.66. The van der Waals surface area contributed by atoms with E-state index in [9.17, 15) is 4.79 Å². The van der Waals surface area contributed by atoms with E-state index in [1.807, 2.05) is 48.2 Å². The smallest absolute Gasteiger partial charge is 0.256 e. The number of hydrogen-bond acceptors (Lipinski definition) is 3. The molecule has 33 heavy (non-hydrogen) atoms. The van der Waals surface area contributed by atoms with E-state index in [1.54, 1.807) is 7.11 Å². The first-order valence-corrected chi connectivity index (χ1v) is 11.4. The Morgan fingerprint density at radius 1 is 0.848 bits per heavy atom. The standard InChI is InChI=1S/C28H29N3O2/c1-20-9-7-8-12-25(20)29-15-17-30(18-16-29)28(32)27-21(2)31(22-10-5-4-6-11-22)26-14-13-23(33-3)19-24(26)27/h4-14,19H,15-18H2,1-3H3. The first-order chi connectivity index (χ1) is 16.1. The van der Waals surface area contributed by atoms with Crippen molar-refractivity contribution in [1.29, 1.82) is 0 Å². The van der Waals surface area contributed by atoms with Gasteiger partial charge in [0.05, 0.1) is 18.2 Å². The Labute approximate surface area is 194 Å². The summed E-state index contributed by atoms with van der Waals surface area (Å²) in [5, 5.41) is 0.932. The Kier molecular flexibility index (Phi) is 5.55. The molecule has 0 unspecified atom stereocenters. The predicted molar refractivity (Wildman–Crippen MR) is 134 cm³/mol. The minimum Gasteiger partial charge on any atom is -0.497 e. The number of amides is 1. The quantitative estimate of drug-likeness (QED) is 0.438. The van der Waals surface area contributed by atoms with Gasteiger partial charge >= 0.3 is 0 Å². The van der Waals surface area contributed by atoms with Gasteiger partial charge in [0.25, 0.3) is 5.91 Å². The number of hydrogen-bond donors (Lipinski definition) is 0. The van der Waals surface area contributed by atoms with Crippen LogP contribution < -0.4 is 9.64 Å². The van der Waals surface area contributed by atoms with Gasteiger partial charge in [0.15, 0.2) is 0 Å². The Morgan fingerprint density at radius 3 is 2.24 bits per heavy atom. The molecule has 1 fully saturated rings. The van der Waals surface area contributed by atoms with Crippen LogP contribution in [0.1, 0.15) is 21.6 Å². The molecule has 5 heteroatoms. The number of rotatable bonds is 4. The summed E-state index contributed by atoms with van der Waals surface area (Å²) in [7, 11) is 1.66. The highest BCUT2D eigenvalue weighted by Crippen LogP contribution is 2.33. The maximum Gasteiger partial charge on any atom is 0.256 e. The summed E-state index contributed by atoms with van der Waals surface area (Å²) in [5.74, 6) is 0.844. The van der Waals surface area contributed by atoms with Crippen molar-refractivity contribution in [2.75, 3.05) is 38.2 Å². The normalized spacial score (nSPS) is 14.0. The van der Waals surface area contributed by atoms with Gasteiger partial charge < -0.3 is 19.1 Å². The van der Waals surface area contributed by atoms with Gasteiger partial charge in [0, 0.05) is 48.6 Å². The summed E-state index contributed by atoms with van der Waals surface area (Å²) in [6.45, 7) is 7.24. The first-order valence-electron chi connectivity index (χ1n) is 11.4. The highest BCUT2D eigenvalue weighted by molar-refractivity contribution is 6.09. The predicted octanol–water partition coefficient (Wildman–Crippen LogP) is 5.22. The molecule has 0 bridgehead atoms. The molecule has 0 atom stereocenters. The Bertz CT molecular complexity index is 1300. The van der Waals surface area contributed by atoms with E-state index in [-0.39, 0.29) is 5.91 Å². The van der Waals surface area contributed by atoms with E-state index < -0.39 is 0 Å². The third kappa shape index (κ3) is 3.74. The summed E-state index contributed by atoms with van der Waals surface area (Å²) < 4.78 is 7.66. The third-order valence-corrected chi connectivity index (χ3v) is 6.66. The van der Waals surface area contributed by atoms with E-state index in [1.165, 1.54) is 11.3 Å². The molecule has 1 aromatic heterocycles. The van der Waals surface area contributed by atoms with Crippen LogP contribution in [0.25, 0.3) is 16.6 Å². The van der Waals surface area contributed by atoms with Gasteiger partial charge in [-0.05, 0) is 55.8 Å². The second kappa shape index (κ2) is 8.66.